The van der Waals surface area contributed by atoms with Gasteiger partial charge < -0.3 is 20.5 Å². The number of fused-ring (bicyclic) bond motifs is 3. The molecule has 0 aliphatic heterocycles. The summed E-state index contributed by atoms with van der Waals surface area (Å²) in [4.78, 5) is 35.8. The number of hydrogen-bond acceptors (Lipinski definition) is 4. The van der Waals surface area contributed by atoms with E-state index in [-0.39, 0.29) is 48.6 Å². The first-order chi connectivity index (χ1) is 16.0. The van der Waals surface area contributed by atoms with E-state index in [1.807, 2.05) is 24.3 Å². The van der Waals surface area contributed by atoms with Crippen molar-refractivity contribution < 1.29 is 24.2 Å². The van der Waals surface area contributed by atoms with Gasteiger partial charge in [-0.3, -0.25) is 9.59 Å². The Hall–Kier alpha value is -3.35. The van der Waals surface area contributed by atoms with E-state index in [2.05, 4.69) is 34.9 Å². The van der Waals surface area contributed by atoms with Gasteiger partial charge in [-0.1, -0.05) is 48.5 Å². The first-order valence-corrected chi connectivity index (χ1v) is 11.6. The quantitative estimate of drug-likeness (QED) is 0.544. The largest absolute Gasteiger partial charge is 0.481 e. The monoisotopic (exact) mass is 448 g/mol. The summed E-state index contributed by atoms with van der Waals surface area (Å²) in [6, 6.07) is 16.1. The lowest BCUT2D eigenvalue weighted by Gasteiger charge is -2.16. The van der Waals surface area contributed by atoms with Gasteiger partial charge in [0, 0.05) is 24.4 Å². The minimum Gasteiger partial charge on any atom is -0.481 e. The van der Waals surface area contributed by atoms with Crippen LogP contribution in [0.1, 0.15) is 42.7 Å². The Morgan fingerprint density at radius 2 is 1.64 bits per heavy atom. The molecule has 172 valence electrons. The van der Waals surface area contributed by atoms with Gasteiger partial charge in [0.25, 0.3) is 0 Å². The zero-order valence-electron chi connectivity index (χ0n) is 18.3. The highest BCUT2D eigenvalue weighted by molar-refractivity contribution is 5.83. The van der Waals surface area contributed by atoms with Crippen molar-refractivity contribution >= 4 is 18.0 Å². The predicted octanol–water partition coefficient (Wildman–Crippen LogP) is 3.53. The van der Waals surface area contributed by atoms with Crippen molar-refractivity contribution in [1.29, 1.82) is 0 Å². The SMILES string of the molecule is O=C(O)CC(NC(=O)[C@H]1C[C@H]1CNC(=O)OCC1c2ccccc2-c2ccccc21)C1CC1. The molecule has 0 heterocycles. The lowest BCUT2D eigenvalue weighted by Crippen LogP contribution is -2.39. The Bertz CT molecular complexity index is 1030. The molecule has 2 saturated carbocycles. The first-order valence-electron chi connectivity index (χ1n) is 11.6. The van der Waals surface area contributed by atoms with Gasteiger partial charge >= 0.3 is 12.1 Å². The van der Waals surface area contributed by atoms with Crippen LogP contribution in [0.15, 0.2) is 48.5 Å². The van der Waals surface area contributed by atoms with Gasteiger partial charge in [0.15, 0.2) is 0 Å². The lowest BCUT2D eigenvalue weighted by molar-refractivity contribution is -0.138. The Morgan fingerprint density at radius 3 is 2.24 bits per heavy atom. The maximum Gasteiger partial charge on any atom is 0.407 e. The molecule has 1 unspecified atom stereocenters. The van der Waals surface area contributed by atoms with Crippen LogP contribution in [0.3, 0.4) is 0 Å². The van der Waals surface area contributed by atoms with E-state index in [4.69, 9.17) is 9.84 Å². The van der Waals surface area contributed by atoms with Gasteiger partial charge in [-0.15, -0.1) is 0 Å². The highest BCUT2D eigenvalue weighted by atomic mass is 16.5. The number of aliphatic carboxylic acids is 1. The van der Waals surface area contributed by atoms with Crippen molar-refractivity contribution in [2.24, 2.45) is 17.8 Å². The fourth-order valence-corrected chi connectivity index (χ4v) is 4.97. The number of hydrogen-bond donors (Lipinski definition) is 3. The fraction of sp³-hybridized carbons (Fsp3) is 0.423. The van der Waals surface area contributed by atoms with Crippen LogP contribution in [0.4, 0.5) is 4.79 Å². The predicted molar refractivity (Wildman–Crippen MR) is 122 cm³/mol. The molecule has 3 N–H and O–H groups in total. The zero-order valence-corrected chi connectivity index (χ0v) is 18.3. The molecule has 0 saturated heterocycles. The Morgan fingerprint density at radius 1 is 1.00 bits per heavy atom. The van der Waals surface area contributed by atoms with Crippen LogP contribution in [-0.2, 0) is 14.3 Å². The number of ether oxygens (including phenoxy) is 1. The topological polar surface area (TPSA) is 105 Å². The third-order valence-corrected chi connectivity index (χ3v) is 7.02. The molecule has 33 heavy (non-hydrogen) atoms. The number of carbonyl (C=O) groups is 3. The van der Waals surface area contributed by atoms with Crippen molar-refractivity contribution in [1.82, 2.24) is 10.6 Å². The average Bonchev–Trinajstić information content (AvgIpc) is 3.72. The second-order valence-electron chi connectivity index (χ2n) is 9.36. The van der Waals surface area contributed by atoms with Crippen molar-refractivity contribution in [2.45, 2.75) is 37.6 Å². The summed E-state index contributed by atoms with van der Waals surface area (Å²) in [5.74, 6) is -0.814. The highest BCUT2D eigenvalue weighted by Crippen LogP contribution is 2.44. The summed E-state index contributed by atoms with van der Waals surface area (Å²) < 4.78 is 5.55. The molecule has 2 aromatic rings. The zero-order chi connectivity index (χ0) is 22.9. The standard InChI is InChI=1S/C26H28N2O5/c29-24(30)12-23(15-9-10-15)28-25(31)21-11-16(21)13-27-26(32)33-14-22-19-7-3-1-5-17(19)18-6-2-4-8-20(18)22/h1-8,15-16,21-23H,9-14H2,(H,27,32)(H,28,31)(H,29,30)/t16-,21-,23?/m0/s1. The van der Waals surface area contributed by atoms with Crippen molar-refractivity contribution in [3.8, 4) is 11.1 Å². The Kier molecular flexibility index (Phi) is 5.79. The van der Waals surface area contributed by atoms with Crippen LogP contribution in [0.25, 0.3) is 11.1 Å². The molecule has 7 nitrogen and oxygen atoms in total. The molecule has 0 bridgehead atoms. The molecule has 0 radical (unpaired) electrons. The smallest absolute Gasteiger partial charge is 0.407 e. The summed E-state index contributed by atoms with van der Waals surface area (Å²) in [5, 5.41) is 14.7. The summed E-state index contributed by atoms with van der Waals surface area (Å²) in [5.41, 5.74) is 4.69. The van der Waals surface area contributed by atoms with Crippen LogP contribution >= 0.6 is 0 Å². The van der Waals surface area contributed by atoms with E-state index >= 15 is 0 Å². The van der Waals surface area contributed by atoms with Crippen molar-refractivity contribution in [3.63, 3.8) is 0 Å². The molecule has 0 aromatic heterocycles. The number of carboxylic acid groups (broad SMARTS) is 1. The van der Waals surface area contributed by atoms with Gasteiger partial charge in [-0.2, -0.15) is 0 Å². The highest BCUT2D eigenvalue weighted by Gasteiger charge is 2.45. The molecule has 2 aromatic carbocycles. The molecule has 0 spiro atoms. The van der Waals surface area contributed by atoms with Crippen LogP contribution in [0.5, 0.6) is 0 Å². The normalized spacial score (nSPS) is 21.5. The Balaban J connectivity index is 1.09. The van der Waals surface area contributed by atoms with Crippen LogP contribution in [0, 0.1) is 17.8 Å². The number of alkyl carbamates (subject to hydrolysis) is 1. The molecule has 7 heteroatoms. The molecule has 3 aliphatic carbocycles. The maximum atomic E-state index is 12.5. The second-order valence-corrected chi connectivity index (χ2v) is 9.36. The molecule has 5 rings (SSSR count). The van der Waals surface area contributed by atoms with E-state index in [0.29, 0.717) is 13.0 Å². The van der Waals surface area contributed by atoms with E-state index in [9.17, 15) is 14.4 Å². The molecule has 3 atom stereocenters. The van der Waals surface area contributed by atoms with E-state index < -0.39 is 12.1 Å². The number of carbonyl (C=O) groups excluding carboxylic acids is 2. The van der Waals surface area contributed by atoms with E-state index in [1.54, 1.807) is 0 Å². The Labute approximate surface area is 192 Å². The third-order valence-electron chi connectivity index (χ3n) is 7.02. The molecule has 2 amide bonds. The summed E-state index contributed by atoms with van der Waals surface area (Å²) in [6.45, 7) is 0.633. The number of rotatable bonds is 9. The maximum absolute atomic E-state index is 12.5. The van der Waals surface area contributed by atoms with Gasteiger partial charge in [-0.05, 0) is 53.4 Å². The van der Waals surface area contributed by atoms with Crippen molar-refractivity contribution in [3.05, 3.63) is 59.7 Å². The number of nitrogens with one attached hydrogen (secondary N) is 2. The number of amides is 2. The summed E-state index contributed by atoms with van der Waals surface area (Å²) >= 11 is 0. The minimum atomic E-state index is -0.892. The minimum absolute atomic E-state index is 0.0104. The molecular formula is C26H28N2O5. The van der Waals surface area contributed by atoms with Gasteiger partial charge in [0.2, 0.25) is 5.91 Å². The van der Waals surface area contributed by atoms with Crippen LogP contribution in [0.2, 0.25) is 0 Å². The lowest BCUT2D eigenvalue weighted by atomic mass is 9.98. The van der Waals surface area contributed by atoms with E-state index in [0.717, 1.165) is 24.0 Å². The first kappa shape index (κ1) is 21.5. The molecule has 3 aliphatic rings. The summed E-state index contributed by atoms with van der Waals surface area (Å²) in [6.07, 6.45) is 2.11. The molecule has 2 fully saturated rings. The van der Waals surface area contributed by atoms with E-state index in [1.165, 1.54) is 11.1 Å². The van der Waals surface area contributed by atoms with Crippen LogP contribution in [-0.4, -0.2) is 42.3 Å². The third kappa shape index (κ3) is 4.72. The average molecular weight is 449 g/mol. The van der Waals surface area contributed by atoms with Crippen molar-refractivity contribution in [2.75, 3.05) is 13.2 Å². The van der Waals surface area contributed by atoms with Crippen LogP contribution < -0.4 is 10.6 Å². The van der Waals surface area contributed by atoms with Gasteiger partial charge in [0.1, 0.15) is 6.61 Å². The van der Waals surface area contributed by atoms with Gasteiger partial charge in [-0.25, -0.2) is 4.79 Å². The fourth-order valence-electron chi connectivity index (χ4n) is 4.97. The number of carboxylic acids is 1. The number of benzene rings is 2. The second kappa shape index (κ2) is 8.89. The summed E-state index contributed by atoms with van der Waals surface area (Å²) in [7, 11) is 0. The van der Waals surface area contributed by atoms with Gasteiger partial charge in [0.05, 0.1) is 6.42 Å². The molecular weight excluding hydrogens is 420 g/mol.